The molecule has 0 amide bonds. The fourth-order valence-corrected chi connectivity index (χ4v) is 4.29. The fourth-order valence-electron chi connectivity index (χ4n) is 4.29. The monoisotopic (exact) mass is 384 g/mol. The van der Waals surface area contributed by atoms with Crippen molar-refractivity contribution in [2.45, 2.75) is 50.5 Å². The van der Waals surface area contributed by atoms with Gasteiger partial charge in [0.1, 0.15) is 23.3 Å². The number of ether oxygens (including phenoxy) is 2. The van der Waals surface area contributed by atoms with Gasteiger partial charge in [-0.25, -0.2) is 4.39 Å². The molecule has 2 N–H and O–H groups in total. The van der Waals surface area contributed by atoms with Crippen LogP contribution in [-0.4, -0.2) is 28.5 Å². The van der Waals surface area contributed by atoms with Gasteiger partial charge in [0.05, 0.1) is 18.8 Å². The highest BCUT2D eigenvalue weighted by molar-refractivity contribution is 5.77. The van der Waals surface area contributed by atoms with Gasteiger partial charge in [0, 0.05) is 23.8 Å². The van der Waals surface area contributed by atoms with Crippen molar-refractivity contribution in [3.63, 3.8) is 0 Å². The van der Waals surface area contributed by atoms with E-state index in [-0.39, 0.29) is 24.9 Å². The lowest BCUT2D eigenvalue weighted by molar-refractivity contribution is -0.342. The summed E-state index contributed by atoms with van der Waals surface area (Å²) in [5.74, 6) is -1.19. The highest BCUT2D eigenvalue weighted by Gasteiger charge is 2.54. The van der Waals surface area contributed by atoms with Crippen LogP contribution >= 0.6 is 0 Å². The summed E-state index contributed by atoms with van der Waals surface area (Å²) >= 11 is 0. The zero-order valence-electron chi connectivity index (χ0n) is 15.4. The summed E-state index contributed by atoms with van der Waals surface area (Å²) in [6.07, 6.45) is -1.94. The van der Waals surface area contributed by atoms with E-state index in [0.717, 1.165) is 11.0 Å². The van der Waals surface area contributed by atoms with E-state index in [1.165, 1.54) is 6.07 Å². The Labute approximate surface area is 161 Å². The highest BCUT2D eigenvalue weighted by Crippen LogP contribution is 2.46. The summed E-state index contributed by atoms with van der Waals surface area (Å²) in [5, 5.41) is 21.8. The second kappa shape index (κ2) is 6.39. The molecule has 146 valence electrons. The van der Waals surface area contributed by atoms with Gasteiger partial charge in [0.15, 0.2) is 0 Å². The molecule has 0 bridgehead atoms. The number of para-hydroxylation sites is 1. The molecule has 3 heterocycles. The number of aliphatic hydroxyl groups is 2. The molecule has 0 aliphatic carbocycles. The van der Waals surface area contributed by atoms with E-state index in [9.17, 15) is 14.6 Å². The smallest absolute Gasteiger partial charge is 0.225 e. The number of hydrogen-bond donors (Lipinski definition) is 2. The maximum atomic E-state index is 14.7. The fraction of sp³-hybridized carbons (Fsp3) is 0.364. The Morgan fingerprint density at radius 3 is 2.82 bits per heavy atom. The van der Waals surface area contributed by atoms with Crippen molar-refractivity contribution >= 4 is 11.0 Å². The largest absolute Gasteiger partial charge is 0.461 e. The molecule has 6 heteroatoms. The summed E-state index contributed by atoms with van der Waals surface area (Å²) < 4.78 is 32.3. The molecule has 1 fully saturated rings. The van der Waals surface area contributed by atoms with Crippen LogP contribution in [0.3, 0.4) is 0 Å². The average molecular weight is 384 g/mol. The van der Waals surface area contributed by atoms with Crippen LogP contribution in [0.2, 0.25) is 0 Å². The lowest BCUT2D eigenvalue weighted by Gasteiger charge is -2.43. The van der Waals surface area contributed by atoms with Crippen LogP contribution in [0.5, 0.6) is 0 Å². The number of furan rings is 1. The number of hydrogen-bond acceptors (Lipinski definition) is 5. The second-order valence-electron chi connectivity index (χ2n) is 7.66. The predicted molar refractivity (Wildman–Crippen MR) is 99.1 cm³/mol. The van der Waals surface area contributed by atoms with Gasteiger partial charge in [-0.3, -0.25) is 0 Å². The van der Waals surface area contributed by atoms with Crippen molar-refractivity contribution in [2.75, 3.05) is 0 Å². The van der Waals surface area contributed by atoms with Gasteiger partial charge in [0.2, 0.25) is 5.79 Å². The molecule has 0 saturated carbocycles. The first-order valence-corrected chi connectivity index (χ1v) is 9.43. The summed E-state index contributed by atoms with van der Waals surface area (Å²) in [4.78, 5) is 0. The SMILES string of the molecule is C[C@@H]1C[C@H](O)[C@H](O)[C@@]2(OCc3cc(F)c(Cc4cc5ccccc5o4)cc32)O1. The highest BCUT2D eigenvalue weighted by atomic mass is 19.1. The predicted octanol–water partition coefficient (Wildman–Crippen LogP) is 3.38. The number of rotatable bonds is 2. The van der Waals surface area contributed by atoms with Crippen molar-refractivity contribution in [1.29, 1.82) is 0 Å². The molecule has 0 unspecified atom stereocenters. The molecule has 5 rings (SSSR count). The first kappa shape index (κ1) is 17.8. The van der Waals surface area contributed by atoms with Crippen molar-refractivity contribution in [3.8, 4) is 0 Å². The molecule has 2 aromatic carbocycles. The second-order valence-corrected chi connectivity index (χ2v) is 7.66. The van der Waals surface area contributed by atoms with Crippen LogP contribution in [-0.2, 0) is 28.3 Å². The molecule has 2 aliphatic rings. The molecule has 3 aromatic rings. The number of halogens is 1. The summed E-state index contributed by atoms with van der Waals surface area (Å²) in [5.41, 5.74) is 2.36. The molecule has 0 radical (unpaired) electrons. The van der Waals surface area contributed by atoms with Gasteiger partial charge in [-0.15, -0.1) is 0 Å². The summed E-state index contributed by atoms with van der Waals surface area (Å²) in [6, 6.07) is 12.6. The molecule has 5 nitrogen and oxygen atoms in total. The molecule has 1 aromatic heterocycles. The van der Waals surface area contributed by atoms with E-state index in [0.29, 0.717) is 28.9 Å². The average Bonchev–Trinajstić information content (AvgIpc) is 3.22. The minimum absolute atomic E-state index is 0.119. The third kappa shape index (κ3) is 2.68. The molecule has 4 atom stereocenters. The number of aliphatic hydroxyl groups excluding tert-OH is 2. The van der Waals surface area contributed by atoms with Gasteiger partial charge < -0.3 is 24.1 Å². The van der Waals surface area contributed by atoms with Crippen molar-refractivity contribution < 1.29 is 28.5 Å². The van der Waals surface area contributed by atoms with Crippen molar-refractivity contribution in [1.82, 2.24) is 0 Å². The molecule has 28 heavy (non-hydrogen) atoms. The third-order valence-corrected chi connectivity index (χ3v) is 5.63. The zero-order valence-corrected chi connectivity index (χ0v) is 15.4. The Kier molecular flexibility index (Phi) is 4.07. The topological polar surface area (TPSA) is 72.1 Å². The number of benzene rings is 2. The van der Waals surface area contributed by atoms with Gasteiger partial charge in [-0.05, 0) is 42.3 Å². The molecular weight excluding hydrogens is 363 g/mol. The lowest BCUT2D eigenvalue weighted by Crippen LogP contribution is -2.55. The van der Waals surface area contributed by atoms with E-state index in [1.54, 1.807) is 6.07 Å². The lowest BCUT2D eigenvalue weighted by atomic mass is 9.88. The van der Waals surface area contributed by atoms with E-state index < -0.39 is 18.0 Å². The normalized spacial score (nSPS) is 29.5. The summed E-state index contributed by atoms with van der Waals surface area (Å²) in [7, 11) is 0. The van der Waals surface area contributed by atoms with E-state index in [4.69, 9.17) is 13.9 Å². The van der Waals surface area contributed by atoms with Gasteiger partial charge >= 0.3 is 0 Å². The minimum atomic E-state index is -1.47. The zero-order chi connectivity index (χ0) is 19.5. The van der Waals surface area contributed by atoms with E-state index in [1.807, 2.05) is 37.3 Å². The van der Waals surface area contributed by atoms with Crippen molar-refractivity contribution in [3.05, 3.63) is 70.7 Å². The van der Waals surface area contributed by atoms with Crippen molar-refractivity contribution in [2.24, 2.45) is 0 Å². The van der Waals surface area contributed by atoms with Crippen LogP contribution in [0.4, 0.5) is 4.39 Å². The maximum absolute atomic E-state index is 14.7. The van der Waals surface area contributed by atoms with Crippen LogP contribution < -0.4 is 0 Å². The quantitative estimate of drug-likeness (QED) is 0.709. The first-order chi connectivity index (χ1) is 13.5. The molecular formula is C22H21FO5. The van der Waals surface area contributed by atoms with Crippen LogP contribution in [0, 0.1) is 5.82 Å². The Morgan fingerprint density at radius 1 is 1.18 bits per heavy atom. The van der Waals surface area contributed by atoms with Gasteiger partial charge in [-0.1, -0.05) is 18.2 Å². The molecule has 1 spiro atoms. The summed E-state index contributed by atoms with van der Waals surface area (Å²) in [6.45, 7) is 1.94. The van der Waals surface area contributed by atoms with E-state index in [2.05, 4.69) is 0 Å². The number of fused-ring (bicyclic) bond motifs is 3. The molecule has 1 saturated heterocycles. The maximum Gasteiger partial charge on any atom is 0.225 e. The van der Waals surface area contributed by atoms with Crippen LogP contribution in [0.1, 0.15) is 35.8 Å². The van der Waals surface area contributed by atoms with Crippen LogP contribution in [0.15, 0.2) is 46.9 Å². The minimum Gasteiger partial charge on any atom is -0.461 e. The Bertz CT molecular complexity index is 1010. The Hall–Kier alpha value is -2.25. The van der Waals surface area contributed by atoms with Gasteiger partial charge in [-0.2, -0.15) is 0 Å². The Morgan fingerprint density at radius 2 is 2.00 bits per heavy atom. The van der Waals surface area contributed by atoms with E-state index >= 15 is 0 Å². The van der Waals surface area contributed by atoms with Crippen LogP contribution in [0.25, 0.3) is 11.0 Å². The van der Waals surface area contributed by atoms with Gasteiger partial charge in [0.25, 0.3) is 0 Å². The first-order valence-electron chi connectivity index (χ1n) is 9.43. The Balaban J connectivity index is 1.55. The molecule has 2 aliphatic heterocycles. The third-order valence-electron chi connectivity index (χ3n) is 5.63. The standard InChI is InChI=1S/C22H21FO5/c1-12-6-19(24)21(25)22(28-12)17-9-14(18(23)10-15(17)11-26-22)8-16-7-13-4-2-3-5-20(13)27-16/h2-5,7,9-10,12,19,21,24-25H,6,8,11H2,1H3/t12-,19+,21+,22+/m1/s1.